The maximum Gasteiger partial charge on any atom is 0.309 e. The minimum Gasteiger partial charge on any atom is -0.469 e. The molecule has 0 aliphatic heterocycles. The molecule has 14 heavy (non-hydrogen) atoms. The van der Waals surface area contributed by atoms with Crippen LogP contribution in [0.15, 0.2) is 0 Å². The average molecular weight is 267 g/mol. The lowest BCUT2D eigenvalue weighted by Gasteiger charge is -2.29. The SMILES string of the molecule is COC(=O)[C@H]1C[C@@H](Br)CC1(CO)CO. The van der Waals surface area contributed by atoms with Gasteiger partial charge >= 0.3 is 5.97 Å². The molecule has 0 heterocycles. The van der Waals surface area contributed by atoms with Gasteiger partial charge in [-0.3, -0.25) is 4.79 Å². The van der Waals surface area contributed by atoms with E-state index in [4.69, 9.17) is 0 Å². The highest BCUT2D eigenvalue weighted by Gasteiger charge is 2.50. The Morgan fingerprint density at radius 1 is 1.57 bits per heavy atom. The number of hydrogen-bond acceptors (Lipinski definition) is 4. The van der Waals surface area contributed by atoms with Crippen molar-refractivity contribution in [2.45, 2.75) is 17.7 Å². The second-order valence-corrected chi connectivity index (χ2v) is 5.09. The van der Waals surface area contributed by atoms with Crippen LogP contribution in [0.1, 0.15) is 12.8 Å². The highest BCUT2D eigenvalue weighted by molar-refractivity contribution is 9.09. The molecule has 1 fully saturated rings. The second kappa shape index (κ2) is 4.59. The Labute approximate surface area is 91.4 Å². The number of halogens is 1. The number of methoxy groups -OCH3 is 1. The first-order valence-electron chi connectivity index (χ1n) is 4.53. The van der Waals surface area contributed by atoms with Crippen molar-refractivity contribution in [3.8, 4) is 0 Å². The summed E-state index contributed by atoms with van der Waals surface area (Å²) in [5.74, 6) is -0.762. The Kier molecular flexibility index (Phi) is 3.92. The van der Waals surface area contributed by atoms with Gasteiger partial charge in [0, 0.05) is 10.2 Å². The van der Waals surface area contributed by atoms with Crippen molar-refractivity contribution < 1.29 is 19.7 Å². The van der Waals surface area contributed by atoms with Gasteiger partial charge in [-0.05, 0) is 12.8 Å². The Balaban J connectivity index is 2.85. The lowest BCUT2D eigenvalue weighted by Crippen LogP contribution is -2.38. The summed E-state index contributed by atoms with van der Waals surface area (Å²) in [6.07, 6.45) is 1.20. The number of carbonyl (C=O) groups is 1. The first-order valence-corrected chi connectivity index (χ1v) is 5.45. The molecule has 2 N–H and O–H groups in total. The summed E-state index contributed by atoms with van der Waals surface area (Å²) in [6.45, 7) is -0.378. The molecule has 0 bridgehead atoms. The normalized spacial score (nSPS) is 30.3. The van der Waals surface area contributed by atoms with Crippen LogP contribution in [0.5, 0.6) is 0 Å². The molecule has 82 valence electrons. The monoisotopic (exact) mass is 266 g/mol. The number of alkyl halides is 1. The average Bonchev–Trinajstić information content (AvgIpc) is 2.55. The molecular formula is C9H15BrO4. The summed E-state index contributed by atoms with van der Waals surface area (Å²) < 4.78 is 4.66. The fourth-order valence-corrected chi connectivity index (χ4v) is 3.08. The van der Waals surface area contributed by atoms with Crippen molar-refractivity contribution in [3.63, 3.8) is 0 Å². The molecule has 1 aliphatic carbocycles. The third-order valence-electron chi connectivity index (χ3n) is 2.97. The number of rotatable bonds is 3. The van der Waals surface area contributed by atoms with Crippen LogP contribution in [0, 0.1) is 11.3 Å². The van der Waals surface area contributed by atoms with Crippen LogP contribution in [0.25, 0.3) is 0 Å². The van der Waals surface area contributed by atoms with Gasteiger partial charge in [-0.25, -0.2) is 0 Å². The molecule has 2 atom stereocenters. The van der Waals surface area contributed by atoms with Crippen molar-refractivity contribution in [2.24, 2.45) is 11.3 Å². The number of aliphatic hydroxyl groups excluding tert-OH is 2. The van der Waals surface area contributed by atoms with Gasteiger partial charge < -0.3 is 14.9 Å². The Hall–Kier alpha value is -0.130. The fraction of sp³-hybridized carbons (Fsp3) is 0.889. The Morgan fingerprint density at radius 2 is 2.14 bits per heavy atom. The highest BCUT2D eigenvalue weighted by Crippen LogP contribution is 2.46. The minimum atomic E-state index is -0.721. The molecule has 0 saturated heterocycles. The fourth-order valence-electron chi connectivity index (χ4n) is 2.06. The van der Waals surface area contributed by atoms with E-state index in [0.717, 1.165) is 0 Å². The molecule has 4 nitrogen and oxygen atoms in total. The third kappa shape index (κ3) is 1.94. The van der Waals surface area contributed by atoms with E-state index in [2.05, 4.69) is 20.7 Å². The molecule has 1 rings (SSSR count). The van der Waals surface area contributed by atoms with E-state index in [1.54, 1.807) is 0 Å². The van der Waals surface area contributed by atoms with E-state index in [0.29, 0.717) is 12.8 Å². The Bertz CT molecular complexity index is 215. The van der Waals surface area contributed by atoms with Gasteiger partial charge in [0.25, 0.3) is 0 Å². The molecule has 1 saturated carbocycles. The molecule has 0 unspecified atom stereocenters. The van der Waals surface area contributed by atoms with E-state index in [-0.39, 0.29) is 24.0 Å². The Morgan fingerprint density at radius 3 is 2.57 bits per heavy atom. The van der Waals surface area contributed by atoms with Crippen LogP contribution in [0.4, 0.5) is 0 Å². The lowest BCUT2D eigenvalue weighted by molar-refractivity contribution is -0.152. The molecule has 0 amide bonds. The zero-order valence-electron chi connectivity index (χ0n) is 8.07. The molecule has 0 spiro atoms. The van der Waals surface area contributed by atoms with E-state index >= 15 is 0 Å². The molecule has 5 heteroatoms. The van der Waals surface area contributed by atoms with Crippen molar-refractivity contribution in [2.75, 3.05) is 20.3 Å². The van der Waals surface area contributed by atoms with E-state index in [1.807, 2.05) is 0 Å². The van der Waals surface area contributed by atoms with Crippen molar-refractivity contribution >= 4 is 21.9 Å². The predicted molar refractivity (Wildman–Crippen MR) is 54.1 cm³/mol. The molecule has 1 aliphatic rings. The molecular weight excluding hydrogens is 252 g/mol. The van der Waals surface area contributed by atoms with Crippen molar-refractivity contribution in [1.29, 1.82) is 0 Å². The first kappa shape index (κ1) is 11.9. The topological polar surface area (TPSA) is 66.8 Å². The smallest absolute Gasteiger partial charge is 0.309 e. The predicted octanol–water partition coefficient (Wildman–Crippen LogP) is 0.304. The summed E-state index contributed by atoms with van der Waals surface area (Å²) in [7, 11) is 1.32. The zero-order valence-corrected chi connectivity index (χ0v) is 9.66. The van der Waals surface area contributed by atoms with Crippen LogP contribution < -0.4 is 0 Å². The van der Waals surface area contributed by atoms with Gasteiger partial charge in [0.05, 0.1) is 26.2 Å². The van der Waals surface area contributed by atoms with Crippen LogP contribution in [-0.2, 0) is 9.53 Å². The maximum absolute atomic E-state index is 11.4. The first-order chi connectivity index (χ1) is 6.59. The van der Waals surface area contributed by atoms with Crippen LogP contribution >= 0.6 is 15.9 Å². The van der Waals surface area contributed by atoms with Crippen LogP contribution in [0.2, 0.25) is 0 Å². The quantitative estimate of drug-likeness (QED) is 0.570. The van der Waals surface area contributed by atoms with Gasteiger partial charge in [0.1, 0.15) is 0 Å². The number of ether oxygens (including phenoxy) is 1. The van der Waals surface area contributed by atoms with E-state index < -0.39 is 11.3 Å². The number of esters is 1. The van der Waals surface area contributed by atoms with Gasteiger partial charge in [-0.2, -0.15) is 0 Å². The summed E-state index contributed by atoms with van der Waals surface area (Å²) >= 11 is 3.40. The largest absolute Gasteiger partial charge is 0.469 e. The molecule has 0 aromatic carbocycles. The minimum absolute atomic E-state index is 0.158. The molecule has 0 aromatic rings. The van der Waals surface area contributed by atoms with E-state index in [9.17, 15) is 15.0 Å². The summed E-state index contributed by atoms with van der Waals surface area (Å²) in [6, 6.07) is 0. The molecule has 0 aromatic heterocycles. The summed E-state index contributed by atoms with van der Waals surface area (Å²) in [4.78, 5) is 11.6. The number of aliphatic hydroxyl groups is 2. The standard InChI is InChI=1S/C9H15BrO4/c1-14-8(13)7-2-6(10)3-9(7,4-11)5-12/h6-7,11-12H,2-5H2,1H3/t6-,7-/m1/s1. The van der Waals surface area contributed by atoms with Crippen LogP contribution in [-0.4, -0.2) is 41.3 Å². The van der Waals surface area contributed by atoms with Crippen molar-refractivity contribution in [1.82, 2.24) is 0 Å². The second-order valence-electron chi connectivity index (χ2n) is 3.79. The third-order valence-corrected chi connectivity index (χ3v) is 3.67. The maximum atomic E-state index is 11.4. The summed E-state index contributed by atoms with van der Waals surface area (Å²) in [5, 5.41) is 18.5. The number of carbonyl (C=O) groups excluding carboxylic acids is 1. The van der Waals surface area contributed by atoms with Gasteiger partial charge in [-0.15, -0.1) is 0 Å². The molecule has 0 radical (unpaired) electrons. The number of hydrogen-bond donors (Lipinski definition) is 2. The summed E-state index contributed by atoms with van der Waals surface area (Å²) in [5.41, 5.74) is -0.721. The highest BCUT2D eigenvalue weighted by atomic mass is 79.9. The zero-order chi connectivity index (χ0) is 10.8. The van der Waals surface area contributed by atoms with Gasteiger partial charge in [0.2, 0.25) is 0 Å². The lowest BCUT2D eigenvalue weighted by atomic mass is 9.79. The van der Waals surface area contributed by atoms with Gasteiger partial charge in [0.15, 0.2) is 0 Å². The van der Waals surface area contributed by atoms with Crippen molar-refractivity contribution in [3.05, 3.63) is 0 Å². The van der Waals surface area contributed by atoms with Gasteiger partial charge in [-0.1, -0.05) is 15.9 Å². The van der Waals surface area contributed by atoms with E-state index in [1.165, 1.54) is 7.11 Å². The van der Waals surface area contributed by atoms with Crippen LogP contribution in [0.3, 0.4) is 0 Å².